The van der Waals surface area contributed by atoms with E-state index in [-0.39, 0.29) is 5.78 Å². The summed E-state index contributed by atoms with van der Waals surface area (Å²) in [6.07, 6.45) is 1.64. The van der Waals surface area contributed by atoms with E-state index in [4.69, 9.17) is 4.74 Å². The molecule has 20 heavy (non-hydrogen) atoms. The summed E-state index contributed by atoms with van der Waals surface area (Å²) < 4.78 is 6.42. The van der Waals surface area contributed by atoms with Gasteiger partial charge in [-0.05, 0) is 12.1 Å². The molecule has 0 saturated heterocycles. The number of methoxy groups -OCH3 is 1. The molecule has 0 fully saturated rings. The molecule has 100 valence electrons. The zero-order chi connectivity index (χ0) is 14.1. The standard InChI is InChI=1S/C15H11NO3S/c1-19-15(18)12-9-16-11(7-8-13(16)20-12)14(17)10-5-3-2-4-6-10/h2-9H,1H3. The molecule has 0 spiro atoms. The molecule has 0 N–H and O–H groups in total. The topological polar surface area (TPSA) is 47.8 Å². The molecule has 0 amide bonds. The Morgan fingerprint density at radius 3 is 2.55 bits per heavy atom. The van der Waals surface area contributed by atoms with Crippen LogP contribution in [0, 0.1) is 0 Å². The monoisotopic (exact) mass is 285 g/mol. The minimum atomic E-state index is -0.392. The van der Waals surface area contributed by atoms with Crippen molar-refractivity contribution in [3.63, 3.8) is 0 Å². The van der Waals surface area contributed by atoms with Crippen LogP contribution in [0.2, 0.25) is 0 Å². The van der Waals surface area contributed by atoms with Gasteiger partial charge in [-0.2, -0.15) is 0 Å². The van der Waals surface area contributed by atoms with Gasteiger partial charge < -0.3 is 9.14 Å². The first-order valence-corrected chi connectivity index (χ1v) is 6.81. The number of rotatable bonds is 3. The predicted octanol–water partition coefficient (Wildman–Crippen LogP) is 3.02. The number of esters is 1. The number of carbonyl (C=O) groups is 2. The van der Waals surface area contributed by atoms with E-state index >= 15 is 0 Å². The van der Waals surface area contributed by atoms with Crippen LogP contribution in [0.3, 0.4) is 0 Å². The summed E-state index contributed by atoms with van der Waals surface area (Å²) in [6, 6.07) is 12.7. The van der Waals surface area contributed by atoms with Gasteiger partial charge in [-0.25, -0.2) is 4.79 Å². The van der Waals surface area contributed by atoms with E-state index in [0.29, 0.717) is 16.1 Å². The molecule has 0 saturated carbocycles. The van der Waals surface area contributed by atoms with Crippen molar-refractivity contribution in [2.75, 3.05) is 7.11 Å². The number of hydrogen-bond donors (Lipinski definition) is 0. The average molecular weight is 285 g/mol. The molecule has 1 aromatic carbocycles. The van der Waals surface area contributed by atoms with Crippen LogP contribution in [0.25, 0.3) is 4.83 Å². The van der Waals surface area contributed by atoms with E-state index in [1.807, 2.05) is 24.3 Å². The van der Waals surface area contributed by atoms with Gasteiger partial charge in [0.05, 0.1) is 12.8 Å². The minimum absolute atomic E-state index is 0.0696. The van der Waals surface area contributed by atoms with E-state index in [2.05, 4.69) is 0 Å². The third-order valence-corrected chi connectivity index (χ3v) is 4.03. The number of ether oxygens (including phenoxy) is 1. The quantitative estimate of drug-likeness (QED) is 0.549. The third-order valence-electron chi connectivity index (χ3n) is 3.00. The van der Waals surface area contributed by atoms with E-state index in [1.54, 1.807) is 28.8 Å². The van der Waals surface area contributed by atoms with E-state index in [1.165, 1.54) is 18.4 Å². The zero-order valence-corrected chi connectivity index (χ0v) is 11.5. The first kappa shape index (κ1) is 12.6. The minimum Gasteiger partial charge on any atom is -0.465 e. The highest BCUT2D eigenvalue weighted by Crippen LogP contribution is 2.23. The molecule has 3 aromatic rings. The van der Waals surface area contributed by atoms with Gasteiger partial charge in [0.1, 0.15) is 9.71 Å². The van der Waals surface area contributed by atoms with Crippen molar-refractivity contribution in [3.8, 4) is 0 Å². The molecule has 5 heteroatoms. The fourth-order valence-electron chi connectivity index (χ4n) is 2.02. The van der Waals surface area contributed by atoms with Crippen LogP contribution in [0.5, 0.6) is 0 Å². The maximum atomic E-state index is 12.4. The maximum Gasteiger partial charge on any atom is 0.349 e. The maximum absolute atomic E-state index is 12.4. The molecule has 0 aliphatic heterocycles. The lowest BCUT2D eigenvalue weighted by Crippen LogP contribution is -2.04. The number of benzene rings is 1. The van der Waals surface area contributed by atoms with E-state index < -0.39 is 5.97 Å². The van der Waals surface area contributed by atoms with Gasteiger partial charge in [-0.15, -0.1) is 11.3 Å². The van der Waals surface area contributed by atoms with Crippen LogP contribution in [0.1, 0.15) is 25.7 Å². The van der Waals surface area contributed by atoms with Crippen LogP contribution in [0.4, 0.5) is 0 Å². The lowest BCUT2D eigenvalue weighted by Gasteiger charge is -1.99. The van der Waals surface area contributed by atoms with Crippen LogP contribution in [-0.4, -0.2) is 23.3 Å². The fourth-order valence-corrected chi connectivity index (χ4v) is 2.96. The highest BCUT2D eigenvalue weighted by atomic mass is 32.1. The Labute approximate surface area is 119 Å². The average Bonchev–Trinajstić information content (AvgIpc) is 3.06. The number of fused-ring (bicyclic) bond motifs is 1. The molecule has 3 rings (SSSR count). The number of ketones is 1. The number of hydrogen-bond acceptors (Lipinski definition) is 4. The van der Waals surface area contributed by atoms with Gasteiger partial charge in [0, 0.05) is 11.8 Å². The second-order valence-electron chi connectivity index (χ2n) is 4.21. The Balaban J connectivity index is 2.06. The normalized spacial score (nSPS) is 10.7. The molecule has 0 unspecified atom stereocenters. The van der Waals surface area contributed by atoms with Crippen LogP contribution in [0.15, 0.2) is 48.7 Å². The molecule has 0 atom stereocenters. The number of thiazole rings is 1. The highest BCUT2D eigenvalue weighted by molar-refractivity contribution is 7.19. The second-order valence-corrected chi connectivity index (χ2v) is 5.27. The van der Waals surface area contributed by atoms with Crippen LogP contribution >= 0.6 is 11.3 Å². The summed E-state index contributed by atoms with van der Waals surface area (Å²) in [5.74, 6) is -0.461. The molecular weight excluding hydrogens is 274 g/mol. The lowest BCUT2D eigenvalue weighted by atomic mass is 10.1. The first-order chi connectivity index (χ1) is 9.70. The summed E-state index contributed by atoms with van der Waals surface area (Å²) in [5.41, 5.74) is 1.16. The van der Waals surface area contributed by atoms with Crippen molar-refractivity contribution < 1.29 is 14.3 Å². The van der Waals surface area contributed by atoms with Crippen molar-refractivity contribution in [1.29, 1.82) is 0 Å². The van der Waals surface area contributed by atoms with Crippen LogP contribution < -0.4 is 0 Å². The van der Waals surface area contributed by atoms with Gasteiger partial charge in [0.2, 0.25) is 5.78 Å². The molecule has 0 bridgehead atoms. The number of aromatic nitrogens is 1. The molecule has 4 nitrogen and oxygen atoms in total. The van der Waals surface area contributed by atoms with Gasteiger partial charge in [-0.1, -0.05) is 30.3 Å². The summed E-state index contributed by atoms with van der Waals surface area (Å²) in [5, 5.41) is 0. The van der Waals surface area contributed by atoms with Crippen molar-refractivity contribution in [3.05, 3.63) is 64.8 Å². The summed E-state index contributed by atoms with van der Waals surface area (Å²) >= 11 is 1.30. The molecule has 0 aliphatic carbocycles. The summed E-state index contributed by atoms with van der Waals surface area (Å²) in [7, 11) is 1.34. The zero-order valence-electron chi connectivity index (χ0n) is 10.7. The van der Waals surface area contributed by atoms with Crippen LogP contribution in [-0.2, 0) is 4.74 Å². The molecule has 2 heterocycles. The summed E-state index contributed by atoms with van der Waals surface area (Å²) in [6.45, 7) is 0. The van der Waals surface area contributed by atoms with Crippen molar-refractivity contribution in [2.45, 2.75) is 0 Å². The van der Waals surface area contributed by atoms with Gasteiger partial charge in [0.25, 0.3) is 0 Å². The van der Waals surface area contributed by atoms with Gasteiger partial charge in [-0.3, -0.25) is 4.79 Å². The Bertz CT molecular complexity index is 786. The smallest absolute Gasteiger partial charge is 0.349 e. The second kappa shape index (κ2) is 4.94. The highest BCUT2D eigenvalue weighted by Gasteiger charge is 2.17. The first-order valence-electron chi connectivity index (χ1n) is 5.99. The molecule has 0 radical (unpaired) electrons. The number of carbonyl (C=O) groups excluding carboxylic acids is 2. The van der Waals surface area contributed by atoms with E-state index in [9.17, 15) is 9.59 Å². The third kappa shape index (κ3) is 2.02. The largest absolute Gasteiger partial charge is 0.465 e. The lowest BCUT2D eigenvalue weighted by molar-refractivity contribution is 0.0605. The van der Waals surface area contributed by atoms with Crippen molar-refractivity contribution in [2.24, 2.45) is 0 Å². The number of nitrogens with zero attached hydrogens (tertiary/aromatic N) is 1. The Hall–Kier alpha value is -2.40. The SMILES string of the molecule is COC(=O)c1cn2c(C(=O)c3ccccc3)ccc2s1. The Kier molecular flexibility index (Phi) is 3.12. The van der Waals surface area contributed by atoms with Crippen molar-refractivity contribution >= 4 is 27.9 Å². The van der Waals surface area contributed by atoms with Crippen molar-refractivity contribution in [1.82, 2.24) is 4.40 Å². The predicted molar refractivity (Wildman–Crippen MR) is 76.5 cm³/mol. The van der Waals surface area contributed by atoms with E-state index in [0.717, 1.165) is 4.83 Å². The molecule has 2 aromatic heterocycles. The summed E-state index contributed by atoms with van der Waals surface area (Å²) in [4.78, 5) is 25.3. The molecular formula is C15H11NO3S. The Morgan fingerprint density at radius 1 is 1.10 bits per heavy atom. The Morgan fingerprint density at radius 2 is 1.85 bits per heavy atom. The van der Waals surface area contributed by atoms with Gasteiger partial charge >= 0.3 is 5.97 Å². The molecule has 0 aliphatic rings. The van der Waals surface area contributed by atoms with Gasteiger partial charge in [0.15, 0.2) is 0 Å². The fraction of sp³-hybridized carbons (Fsp3) is 0.0667.